The quantitative estimate of drug-likeness (QED) is 0.853. The molecule has 2 aliphatic rings. The zero-order valence-electron chi connectivity index (χ0n) is 17.3. The Kier molecular flexibility index (Phi) is 5.78. The van der Waals surface area contributed by atoms with E-state index in [1.165, 1.54) is 11.1 Å². The van der Waals surface area contributed by atoms with Crippen molar-refractivity contribution in [2.45, 2.75) is 52.4 Å². The van der Waals surface area contributed by atoms with Crippen LogP contribution in [0.4, 0.5) is 0 Å². The lowest BCUT2D eigenvalue weighted by Crippen LogP contribution is -2.43. The van der Waals surface area contributed by atoms with Crippen molar-refractivity contribution >= 4 is 11.5 Å². The molecule has 0 spiro atoms. The van der Waals surface area contributed by atoms with Gasteiger partial charge >= 0.3 is 0 Å². The van der Waals surface area contributed by atoms with Gasteiger partial charge in [0.15, 0.2) is 0 Å². The Morgan fingerprint density at radius 1 is 1.26 bits per heavy atom. The molecular formula is C23H34N2O2. The van der Waals surface area contributed by atoms with Crippen molar-refractivity contribution in [2.24, 2.45) is 11.1 Å². The summed E-state index contributed by atoms with van der Waals surface area (Å²) in [7, 11) is 0. The number of primary amides is 1. The molecule has 1 aromatic rings. The van der Waals surface area contributed by atoms with Gasteiger partial charge in [-0.1, -0.05) is 45.9 Å². The highest BCUT2D eigenvalue weighted by Gasteiger charge is 2.28. The minimum absolute atomic E-state index is 0.00321. The number of benzene rings is 1. The molecule has 1 heterocycles. The van der Waals surface area contributed by atoms with Gasteiger partial charge in [-0.2, -0.15) is 0 Å². The van der Waals surface area contributed by atoms with Crippen LogP contribution in [0, 0.1) is 5.41 Å². The number of hydrogen-bond acceptors (Lipinski definition) is 3. The topological polar surface area (TPSA) is 55.6 Å². The molecule has 1 fully saturated rings. The molecule has 3 rings (SSSR count). The number of amides is 1. The molecule has 0 aromatic heterocycles. The summed E-state index contributed by atoms with van der Waals surface area (Å²) in [4.78, 5) is 14.5. The van der Waals surface area contributed by atoms with E-state index in [1.807, 2.05) is 6.07 Å². The van der Waals surface area contributed by atoms with Gasteiger partial charge in [0, 0.05) is 30.6 Å². The second kappa shape index (κ2) is 7.76. The monoisotopic (exact) mass is 370 g/mol. The van der Waals surface area contributed by atoms with E-state index in [2.05, 4.69) is 50.8 Å². The molecule has 0 saturated carbocycles. The Labute approximate surface area is 163 Å². The Hall–Kier alpha value is -1.65. The fourth-order valence-electron chi connectivity index (χ4n) is 4.18. The van der Waals surface area contributed by atoms with Gasteiger partial charge in [-0.3, -0.25) is 9.69 Å². The van der Waals surface area contributed by atoms with Crippen molar-refractivity contribution < 1.29 is 9.53 Å². The number of nitrogens with zero attached hydrogens (tertiary/aromatic N) is 1. The minimum Gasteiger partial charge on any atom is -0.379 e. The van der Waals surface area contributed by atoms with Crippen molar-refractivity contribution in [1.82, 2.24) is 4.90 Å². The van der Waals surface area contributed by atoms with Crippen molar-refractivity contribution in [1.29, 1.82) is 0 Å². The number of ether oxygens (including phenoxy) is 1. The third-order valence-electron chi connectivity index (χ3n) is 6.11. The van der Waals surface area contributed by atoms with Gasteiger partial charge in [-0.25, -0.2) is 0 Å². The molecule has 4 nitrogen and oxygen atoms in total. The van der Waals surface area contributed by atoms with Crippen molar-refractivity contribution in [2.75, 3.05) is 32.8 Å². The predicted octanol–water partition coefficient (Wildman–Crippen LogP) is 3.99. The average Bonchev–Trinajstić information content (AvgIpc) is 2.61. The standard InChI is InChI=1S/C23H34N2O2/c1-22(2)9-7-17(8-10-22)20-15-18(5-6-19(20)21(24)26)23(3,4)16-25-11-13-27-14-12-25/h5-7,15H,8-14,16H2,1-4H3,(H2,24,26). The fraction of sp³-hybridized carbons (Fsp3) is 0.609. The highest BCUT2D eigenvalue weighted by molar-refractivity contribution is 5.98. The summed E-state index contributed by atoms with van der Waals surface area (Å²) in [5.74, 6) is -0.340. The van der Waals surface area contributed by atoms with E-state index in [4.69, 9.17) is 10.5 Å². The zero-order valence-corrected chi connectivity index (χ0v) is 17.3. The number of rotatable bonds is 5. The molecular weight excluding hydrogens is 336 g/mol. The Morgan fingerprint density at radius 2 is 1.96 bits per heavy atom. The molecule has 1 aliphatic heterocycles. The van der Waals surface area contributed by atoms with Gasteiger partial charge in [-0.05, 0) is 47.4 Å². The number of carbonyl (C=O) groups is 1. The fourth-order valence-corrected chi connectivity index (χ4v) is 4.18. The van der Waals surface area contributed by atoms with Gasteiger partial charge in [0.25, 0.3) is 0 Å². The van der Waals surface area contributed by atoms with E-state index in [1.54, 1.807) is 0 Å². The van der Waals surface area contributed by atoms with Crippen LogP contribution >= 0.6 is 0 Å². The van der Waals surface area contributed by atoms with Crippen LogP contribution in [0.5, 0.6) is 0 Å². The smallest absolute Gasteiger partial charge is 0.249 e. The lowest BCUT2D eigenvalue weighted by atomic mass is 9.75. The number of hydrogen-bond donors (Lipinski definition) is 1. The molecule has 0 radical (unpaired) electrons. The molecule has 1 amide bonds. The van der Waals surface area contributed by atoms with Gasteiger partial charge < -0.3 is 10.5 Å². The van der Waals surface area contributed by atoms with Crippen LogP contribution in [0.15, 0.2) is 24.3 Å². The molecule has 2 N–H and O–H groups in total. The molecule has 1 aliphatic carbocycles. The van der Waals surface area contributed by atoms with Crippen LogP contribution in [-0.2, 0) is 10.2 Å². The maximum absolute atomic E-state index is 12.0. The third kappa shape index (κ3) is 4.80. The lowest BCUT2D eigenvalue weighted by Gasteiger charge is -2.36. The van der Waals surface area contributed by atoms with E-state index in [0.29, 0.717) is 11.0 Å². The number of morpholine rings is 1. The SMILES string of the molecule is CC1(C)CC=C(c2cc(C(C)(C)CN3CCOCC3)ccc2C(N)=O)CC1. The van der Waals surface area contributed by atoms with Gasteiger partial charge in [0.1, 0.15) is 0 Å². The van der Waals surface area contributed by atoms with Crippen LogP contribution in [0.3, 0.4) is 0 Å². The first-order chi connectivity index (χ1) is 12.7. The predicted molar refractivity (Wildman–Crippen MR) is 111 cm³/mol. The Balaban J connectivity index is 1.91. The maximum Gasteiger partial charge on any atom is 0.249 e. The van der Waals surface area contributed by atoms with Crippen molar-refractivity contribution in [3.63, 3.8) is 0 Å². The van der Waals surface area contributed by atoms with Crippen LogP contribution in [0.2, 0.25) is 0 Å². The Morgan fingerprint density at radius 3 is 2.56 bits per heavy atom. The van der Waals surface area contributed by atoms with E-state index >= 15 is 0 Å². The maximum atomic E-state index is 12.0. The summed E-state index contributed by atoms with van der Waals surface area (Å²) >= 11 is 0. The van der Waals surface area contributed by atoms with Gasteiger partial charge in [0.05, 0.1) is 13.2 Å². The first kappa shape index (κ1) is 20.1. The first-order valence-electron chi connectivity index (χ1n) is 10.1. The molecule has 0 atom stereocenters. The van der Waals surface area contributed by atoms with E-state index in [9.17, 15) is 4.79 Å². The molecule has 27 heavy (non-hydrogen) atoms. The van der Waals surface area contributed by atoms with E-state index < -0.39 is 0 Å². The summed E-state index contributed by atoms with van der Waals surface area (Å²) in [6.07, 6.45) is 5.49. The highest BCUT2D eigenvalue weighted by Crippen LogP contribution is 2.39. The Bertz CT molecular complexity index is 728. The molecule has 1 aromatic carbocycles. The summed E-state index contributed by atoms with van der Waals surface area (Å²) in [6.45, 7) is 13.7. The van der Waals surface area contributed by atoms with Crippen molar-refractivity contribution in [3.05, 3.63) is 41.0 Å². The molecule has 148 valence electrons. The van der Waals surface area contributed by atoms with Gasteiger partial charge in [0.2, 0.25) is 5.91 Å². The van der Waals surface area contributed by atoms with Gasteiger partial charge in [-0.15, -0.1) is 0 Å². The third-order valence-corrected chi connectivity index (χ3v) is 6.11. The summed E-state index contributed by atoms with van der Waals surface area (Å²) in [5.41, 5.74) is 10.2. The lowest BCUT2D eigenvalue weighted by molar-refractivity contribution is 0.0295. The van der Waals surface area contributed by atoms with Crippen LogP contribution in [0.1, 0.15) is 68.4 Å². The number of allylic oxidation sites excluding steroid dienone is 2. The molecule has 0 bridgehead atoms. The largest absolute Gasteiger partial charge is 0.379 e. The summed E-state index contributed by atoms with van der Waals surface area (Å²) < 4.78 is 5.48. The minimum atomic E-state index is -0.340. The van der Waals surface area contributed by atoms with Crippen LogP contribution in [-0.4, -0.2) is 43.7 Å². The number of nitrogens with two attached hydrogens (primary N) is 1. The van der Waals surface area contributed by atoms with Crippen LogP contribution < -0.4 is 5.73 Å². The summed E-state index contributed by atoms with van der Waals surface area (Å²) in [5, 5.41) is 0. The highest BCUT2D eigenvalue weighted by atomic mass is 16.5. The van der Waals surface area contributed by atoms with Crippen molar-refractivity contribution in [3.8, 4) is 0 Å². The van der Waals surface area contributed by atoms with Crippen LogP contribution in [0.25, 0.3) is 5.57 Å². The van der Waals surface area contributed by atoms with E-state index in [-0.39, 0.29) is 11.3 Å². The second-order valence-electron chi connectivity index (χ2n) is 9.49. The molecule has 1 saturated heterocycles. The molecule has 0 unspecified atom stereocenters. The molecule has 4 heteroatoms. The summed E-state index contributed by atoms with van der Waals surface area (Å²) in [6, 6.07) is 6.22. The average molecular weight is 371 g/mol. The normalized spacial score (nSPS) is 21.0. The zero-order chi connectivity index (χ0) is 19.7. The first-order valence-corrected chi connectivity index (χ1v) is 10.1. The number of carbonyl (C=O) groups excluding carboxylic acids is 1. The van der Waals surface area contributed by atoms with E-state index in [0.717, 1.165) is 57.7 Å². The second-order valence-corrected chi connectivity index (χ2v) is 9.49.